The summed E-state index contributed by atoms with van der Waals surface area (Å²) in [6.07, 6.45) is 2.14. The number of carbonyl (C=O) groups is 1. The minimum atomic E-state index is 0.0461. The topological polar surface area (TPSA) is 69.5 Å². The first-order valence-corrected chi connectivity index (χ1v) is 10.1. The molecule has 6 nitrogen and oxygen atoms in total. The van der Waals surface area contributed by atoms with Gasteiger partial charge in [0.1, 0.15) is 11.9 Å². The monoisotopic (exact) mass is 390 g/mol. The summed E-state index contributed by atoms with van der Waals surface area (Å²) in [5, 5.41) is 9.46. The third-order valence-corrected chi connectivity index (χ3v) is 6.22. The number of pyridine rings is 1. The van der Waals surface area contributed by atoms with Gasteiger partial charge in [0.2, 0.25) is 5.91 Å². The zero-order chi connectivity index (χ0) is 20.4. The second-order valence-electron chi connectivity index (χ2n) is 7.91. The van der Waals surface area contributed by atoms with Crippen LogP contribution in [0.3, 0.4) is 0 Å². The van der Waals surface area contributed by atoms with Crippen LogP contribution < -0.4 is 4.90 Å². The molecule has 0 bridgehead atoms. The Balaban J connectivity index is 1.65. The van der Waals surface area contributed by atoms with E-state index in [4.69, 9.17) is 4.74 Å². The van der Waals surface area contributed by atoms with Crippen molar-refractivity contribution >= 4 is 11.7 Å². The highest BCUT2D eigenvalue weighted by Gasteiger charge is 2.49. The van der Waals surface area contributed by atoms with Crippen LogP contribution >= 0.6 is 0 Å². The molecule has 0 aliphatic carbocycles. The average Bonchev–Trinajstić information content (AvgIpc) is 3.30. The van der Waals surface area contributed by atoms with Crippen molar-refractivity contribution < 1.29 is 9.53 Å². The second kappa shape index (κ2) is 8.22. The highest BCUT2D eigenvalue weighted by atomic mass is 16.5. The van der Waals surface area contributed by atoms with Gasteiger partial charge in [-0.05, 0) is 30.2 Å². The smallest absolute Gasteiger partial charge is 0.225 e. The molecule has 0 N–H and O–H groups in total. The SMILES string of the molecule is COCCC(=O)N1C[C@@H]2CN(c3ncccc3C#N)C[C@@H]2[C@H]1c1ccccc1C. The molecule has 1 aromatic heterocycles. The van der Waals surface area contributed by atoms with E-state index >= 15 is 0 Å². The third kappa shape index (κ3) is 3.58. The summed E-state index contributed by atoms with van der Waals surface area (Å²) in [4.78, 5) is 21.7. The summed E-state index contributed by atoms with van der Waals surface area (Å²) in [7, 11) is 1.63. The van der Waals surface area contributed by atoms with Crippen LogP contribution in [0.5, 0.6) is 0 Å². The second-order valence-corrected chi connectivity index (χ2v) is 7.91. The van der Waals surface area contributed by atoms with Crippen molar-refractivity contribution in [3.05, 3.63) is 59.3 Å². The van der Waals surface area contributed by atoms with Crippen molar-refractivity contribution in [1.82, 2.24) is 9.88 Å². The molecule has 3 heterocycles. The number of benzene rings is 1. The van der Waals surface area contributed by atoms with Gasteiger partial charge >= 0.3 is 0 Å². The minimum Gasteiger partial charge on any atom is -0.384 e. The number of aromatic nitrogens is 1. The van der Waals surface area contributed by atoms with Gasteiger partial charge in [-0.25, -0.2) is 4.98 Å². The van der Waals surface area contributed by atoms with Gasteiger partial charge < -0.3 is 14.5 Å². The molecule has 0 unspecified atom stereocenters. The summed E-state index contributed by atoms with van der Waals surface area (Å²) in [5.41, 5.74) is 3.03. The molecule has 2 aromatic rings. The predicted molar refractivity (Wildman–Crippen MR) is 110 cm³/mol. The predicted octanol–water partition coefficient (Wildman–Crippen LogP) is 2.93. The minimum absolute atomic E-state index is 0.0461. The Morgan fingerprint density at radius 1 is 1.24 bits per heavy atom. The molecule has 2 aliphatic heterocycles. The Labute approximate surface area is 171 Å². The third-order valence-electron chi connectivity index (χ3n) is 6.22. The van der Waals surface area contributed by atoms with Crippen LogP contribution in [-0.4, -0.2) is 49.1 Å². The molecular weight excluding hydrogens is 364 g/mol. The van der Waals surface area contributed by atoms with E-state index in [0.29, 0.717) is 30.4 Å². The molecule has 1 amide bonds. The number of likely N-dealkylation sites (tertiary alicyclic amines) is 1. The number of carbonyl (C=O) groups excluding carboxylic acids is 1. The first-order valence-electron chi connectivity index (χ1n) is 10.1. The first kappa shape index (κ1) is 19.4. The lowest BCUT2D eigenvalue weighted by molar-refractivity contribution is -0.133. The van der Waals surface area contributed by atoms with Gasteiger partial charge in [-0.3, -0.25) is 4.79 Å². The number of hydrogen-bond acceptors (Lipinski definition) is 5. The normalized spacial score (nSPS) is 23.1. The van der Waals surface area contributed by atoms with E-state index in [1.807, 2.05) is 18.2 Å². The number of amides is 1. The Kier molecular flexibility index (Phi) is 5.50. The van der Waals surface area contributed by atoms with E-state index in [0.717, 1.165) is 25.5 Å². The lowest BCUT2D eigenvalue weighted by atomic mass is 9.87. The van der Waals surface area contributed by atoms with Gasteiger partial charge in [0, 0.05) is 44.8 Å². The molecule has 0 spiro atoms. The maximum atomic E-state index is 13.0. The zero-order valence-electron chi connectivity index (χ0n) is 16.9. The van der Waals surface area contributed by atoms with Gasteiger partial charge in [-0.1, -0.05) is 24.3 Å². The fraction of sp³-hybridized carbons (Fsp3) is 0.435. The molecule has 6 heteroatoms. The molecule has 4 rings (SSSR count). The summed E-state index contributed by atoms with van der Waals surface area (Å²) >= 11 is 0. The number of nitriles is 1. The van der Waals surface area contributed by atoms with Crippen LogP contribution in [0.15, 0.2) is 42.6 Å². The molecule has 3 atom stereocenters. The fourth-order valence-corrected chi connectivity index (χ4v) is 4.86. The van der Waals surface area contributed by atoms with Crippen LogP contribution in [0.4, 0.5) is 5.82 Å². The molecule has 2 saturated heterocycles. The molecule has 0 saturated carbocycles. The Morgan fingerprint density at radius 3 is 2.83 bits per heavy atom. The lowest BCUT2D eigenvalue weighted by Gasteiger charge is -2.31. The first-order chi connectivity index (χ1) is 14.1. The molecule has 150 valence electrons. The number of fused-ring (bicyclic) bond motifs is 1. The van der Waals surface area contributed by atoms with Crippen molar-refractivity contribution in [2.75, 3.05) is 38.3 Å². The van der Waals surface area contributed by atoms with Crippen LogP contribution in [0, 0.1) is 30.1 Å². The van der Waals surface area contributed by atoms with Gasteiger partial charge in [0.25, 0.3) is 0 Å². The molecular formula is C23H26N4O2. The number of hydrogen-bond donors (Lipinski definition) is 0. The quantitative estimate of drug-likeness (QED) is 0.785. The number of aryl methyl sites for hydroxylation is 1. The number of rotatable bonds is 5. The Hall–Kier alpha value is -2.91. The lowest BCUT2D eigenvalue weighted by Crippen LogP contribution is -2.36. The number of anilines is 1. The maximum Gasteiger partial charge on any atom is 0.225 e. The number of nitrogens with zero attached hydrogens (tertiary/aromatic N) is 4. The summed E-state index contributed by atoms with van der Waals surface area (Å²) in [6.45, 7) is 4.89. The van der Waals surface area contributed by atoms with E-state index in [-0.39, 0.29) is 11.9 Å². The average molecular weight is 390 g/mol. The molecule has 2 fully saturated rings. The fourth-order valence-electron chi connectivity index (χ4n) is 4.86. The van der Waals surface area contributed by atoms with Crippen molar-refractivity contribution in [2.45, 2.75) is 19.4 Å². The maximum absolute atomic E-state index is 13.0. The van der Waals surface area contributed by atoms with Crippen molar-refractivity contribution in [3.63, 3.8) is 0 Å². The molecule has 0 radical (unpaired) electrons. The van der Waals surface area contributed by atoms with E-state index < -0.39 is 0 Å². The van der Waals surface area contributed by atoms with Gasteiger partial charge in [-0.15, -0.1) is 0 Å². The highest BCUT2D eigenvalue weighted by molar-refractivity contribution is 5.77. The number of methoxy groups -OCH3 is 1. The molecule has 2 aliphatic rings. The van der Waals surface area contributed by atoms with Crippen LogP contribution in [0.2, 0.25) is 0 Å². The standard InChI is InChI=1S/C23H26N4O2/c1-16-6-3-4-8-19(16)22-20-15-26(23-17(12-24)7-5-10-25-23)13-18(20)14-27(22)21(28)9-11-29-2/h3-8,10,18,20,22H,9,11,13-15H2,1-2H3/t18-,20-,22+/m0/s1. The summed E-state index contributed by atoms with van der Waals surface area (Å²) in [5.74, 6) is 1.58. The molecule has 29 heavy (non-hydrogen) atoms. The zero-order valence-corrected chi connectivity index (χ0v) is 16.9. The van der Waals surface area contributed by atoms with E-state index in [9.17, 15) is 10.1 Å². The van der Waals surface area contributed by atoms with E-state index in [1.165, 1.54) is 11.1 Å². The van der Waals surface area contributed by atoms with Crippen molar-refractivity contribution in [1.29, 1.82) is 5.26 Å². The van der Waals surface area contributed by atoms with Crippen LogP contribution in [0.25, 0.3) is 0 Å². The van der Waals surface area contributed by atoms with E-state index in [2.05, 4.69) is 39.9 Å². The summed E-state index contributed by atoms with van der Waals surface area (Å²) < 4.78 is 5.14. The van der Waals surface area contributed by atoms with Crippen molar-refractivity contribution in [3.8, 4) is 6.07 Å². The summed E-state index contributed by atoms with van der Waals surface area (Å²) in [6, 6.07) is 14.3. The van der Waals surface area contributed by atoms with Crippen molar-refractivity contribution in [2.24, 2.45) is 11.8 Å². The Bertz CT molecular complexity index is 938. The van der Waals surface area contributed by atoms with Gasteiger partial charge in [-0.2, -0.15) is 5.26 Å². The van der Waals surface area contributed by atoms with Gasteiger partial charge in [0.05, 0.1) is 24.6 Å². The van der Waals surface area contributed by atoms with E-state index in [1.54, 1.807) is 19.4 Å². The Morgan fingerprint density at radius 2 is 2.07 bits per heavy atom. The van der Waals surface area contributed by atoms with Crippen LogP contribution in [-0.2, 0) is 9.53 Å². The highest BCUT2D eigenvalue weighted by Crippen LogP contribution is 2.46. The number of ether oxygens (including phenoxy) is 1. The van der Waals surface area contributed by atoms with Crippen LogP contribution in [0.1, 0.15) is 29.2 Å². The molecule has 1 aromatic carbocycles. The largest absolute Gasteiger partial charge is 0.384 e. The van der Waals surface area contributed by atoms with Gasteiger partial charge in [0.15, 0.2) is 0 Å².